The maximum atomic E-state index is 12.5. The summed E-state index contributed by atoms with van der Waals surface area (Å²) in [6, 6.07) is 1.65. The summed E-state index contributed by atoms with van der Waals surface area (Å²) < 4.78 is 5.11. The van der Waals surface area contributed by atoms with Crippen LogP contribution < -0.4 is 0 Å². The summed E-state index contributed by atoms with van der Waals surface area (Å²) in [7, 11) is 1.65. The van der Waals surface area contributed by atoms with E-state index in [0.717, 1.165) is 38.9 Å². The van der Waals surface area contributed by atoms with E-state index in [1.165, 1.54) is 6.33 Å². The van der Waals surface area contributed by atoms with Gasteiger partial charge in [-0.25, -0.2) is 9.97 Å². The molecule has 7 heteroatoms. The van der Waals surface area contributed by atoms with Crippen LogP contribution in [0, 0.1) is 5.41 Å². The molecule has 24 heavy (non-hydrogen) atoms. The zero-order valence-electron chi connectivity index (χ0n) is 14.1. The molecule has 0 atom stereocenters. The van der Waals surface area contributed by atoms with E-state index in [0.29, 0.717) is 25.3 Å². The summed E-state index contributed by atoms with van der Waals surface area (Å²) in [4.78, 5) is 36.2. The van der Waals surface area contributed by atoms with Crippen molar-refractivity contribution in [2.24, 2.45) is 5.41 Å². The van der Waals surface area contributed by atoms with Gasteiger partial charge in [0.05, 0.1) is 6.61 Å². The number of aromatic nitrogens is 2. The van der Waals surface area contributed by atoms with E-state index in [1.807, 2.05) is 9.80 Å². The van der Waals surface area contributed by atoms with Crippen LogP contribution in [0.25, 0.3) is 0 Å². The van der Waals surface area contributed by atoms with Crippen molar-refractivity contribution in [3.05, 3.63) is 24.3 Å². The number of likely N-dealkylation sites (tertiary alicyclic amines) is 2. The predicted octanol–water partition coefficient (Wildman–Crippen LogP) is 0.968. The number of hydrogen-bond acceptors (Lipinski definition) is 5. The number of piperidine rings is 2. The zero-order chi connectivity index (χ0) is 17.0. The standard InChI is InChI=1S/C17H24N4O3/c1-24-11-10-21-12-17(4-2-15(21)22)5-8-20(9-6-17)16(23)14-3-7-18-13-19-14/h3,7,13H,2,4-6,8-12H2,1H3. The molecule has 0 N–H and O–H groups in total. The van der Waals surface area contributed by atoms with E-state index in [9.17, 15) is 9.59 Å². The highest BCUT2D eigenvalue weighted by Gasteiger charge is 2.41. The summed E-state index contributed by atoms with van der Waals surface area (Å²) in [6.45, 7) is 3.44. The third-order valence-electron chi connectivity index (χ3n) is 5.23. The zero-order valence-corrected chi connectivity index (χ0v) is 14.1. The Morgan fingerprint density at radius 2 is 2.12 bits per heavy atom. The maximum absolute atomic E-state index is 12.5. The number of carbonyl (C=O) groups is 2. The van der Waals surface area contributed by atoms with Gasteiger partial charge >= 0.3 is 0 Å². The average Bonchev–Trinajstić information content (AvgIpc) is 2.63. The Balaban J connectivity index is 1.59. The highest BCUT2D eigenvalue weighted by atomic mass is 16.5. The van der Waals surface area contributed by atoms with Crippen LogP contribution in [0.2, 0.25) is 0 Å². The average molecular weight is 332 g/mol. The molecule has 130 valence electrons. The van der Waals surface area contributed by atoms with Crippen molar-refractivity contribution in [1.29, 1.82) is 0 Å². The fraction of sp³-hybridized carbons (Fsp3) is 0.647. The van der Waals surface area contributed by atoms with Crippen LogP contribution in [0.1, 0.15) is 36.2 Å². The van der Waals surface area contributed by atoms with Crippen molar-refractivity contribution < 1.29 is 14.3 Å². The molecule has 1 aromatic rings. The predicted molar refractivity (Wildman–Crippen MR) is 87.3 cm³/mol. The van der Waals surface area contributed by atoms with Crippen molar-refractivity contribution in [2.75, 3.05) is 39.9 Å². The molecule has 0 radical (unpaired) electrons. The van der Waals surface area contributed by atoms with Crippen molar-refractivity contribution in [3.63, 3.8) is 0 Å². The van der Waals surface area contributed by atoms with Gasteiger partial charge in [-0.05, 0) is 30.7 Å². The molecule has 1 aromatic heterocycles. The largest absolute Gasteiger partial charge is 0.383 e. The molecule has 0 aliphatic carbocycles. The van der Waals surface area contributed by atoms with Gasteiger partial charge in [0.1, 0.15) is 12.0 Å². The van der Waals surface area contributed by atoms with Gasteiger partial charge in [0, 0.05) is 45.9 Å². The molecule has 3 heterocycles. The summed E-state index contributed by atoms with van der Waals surface area (Å²) in [5.41, 5.74) is 0.589. The second kappa shape index (κ2) is 7.25. The van der Waals surface area contributed by atoms with E-state index in [-0.39, 0.29) is 17.2 Å². The minimum absolute atomic E-state index is 0.0321. The van der Waals surface area contributed by atoms with Gasteiger partial charge in [-0.15, -0.1) is 0 Å². The van der Waals surface area contributed by atoms with E-state index in [1.54, 1.807) is 19.4 Å². The van der Waals surface area contributed by atoms with Gasteiger partial charge in [0.25, 0.3) is 5.91 Å². The normalized spacial score (nSPS) is 20.5. The molecular formula is C17H24N4O3. The van der Waals surface area contributed by atoms with Crippen molar-refractivity contribution >= 4 is 11.8 Å². The van der Waals surface area contributed by atoms with E-state index in [2.05, 4.69) is 9.97 Å². The first-order valence-electron chi connectivity index (χ1n) is 8.46. The molecule has 0 bridgehead atoms. The molecule has 2 fully saturated rings. The summed E-state index contributed by atoms with van der Waals surface area (Å²) in [6.07, 6.45) is 6.38. The van der Waals surface area contributed by atoms with E-state index in [4.69, 9.17) is 4.74 Å². The third-order valence-corrected chi connectivity index (χ3v) is 5.23. The summed E-state index contributed by atoms with van der Waals surface area (Å²) >= 11 is 0. The van der Waals surface area contributed by atoms with E-state index >= 15 is 0 Å². The lowest BCUT2D eigenvalue weighted by Gasteiger charge is -2.47. The number of nitrogens with zero attached hydrogens (tertiary/aromatic N) is 4. The number of rotatable bonds is 4. The van der Waals surface area contributed by atoms with Gasteiger partial charge in [-0.2, -0.15) is 0 Å². The van der Waals surface area contributed by atoms with E-state index < -0.39 is 0 Å². The minimum Gasteiger partial charge on any atom is -0.383 e. The molecule has 2 amide bonds. The monoisotopic (exact) mass is 332 g/mol. The van der Waals surface area contributed by atoms with Crippen LogP contribution in [0.5, 0.6) is 0 Å². The number of carbonyl (C=O) groups excluding carboxylic acids is 2. The van der Waals surface area contributed by atoms with Gasteiger partial charge in [0.2, 0.25) is 5.91 Å². The molecule has 0 unspecified atom stereocenters. The van der Waals surface area contributed by atoms with Gasteiger partial charge in [-0.3, -0.25) is 9.59 Å². The highest BCUT2D eigenvalue weighted by Crippen LogP contribution is 2.40. The Kier molecular flexibility index (Phi) is 5.08. The molecule has 1 spiro atoms. The lowest BCUT2D eigenvalue weighted by Crippen LogP contribution is -2.53. The lowest BCUT2D eigenvalue weighted by molar-refractivity contribution is -0.139. The number of methoxy groups -OCH3 is 1. The van der Waals surface area contributed by atoms with Crippen LogP contribution in [-0.2, 0) is 9.53 Å². The van der Waals surface area contributed by atoms with Gasteiger partial charge < -0.3 is 14.5 Å². The third kappa shape index (κ3) is 3.56. The van der Waals surface area contributed by atoms with Gasteiger partial charge in [-0.1, -0.05) is 0 Å². The summed E-state index contributed by atoms with van der Waals surface area (Å²) in [5, 5.41) is 0. The fourth-order valence-corrected chi connectivity index (χ4v) is 3.68. The van der Waals surface area contributed by atoms with Crippen molar-refractivity contribution in [1.82, 2.24) is 19.8 Å². The second-order valence-electron chi connectivity index (χ2n) is 6.69. The molecule has 2 aliphatic heterocycles. The van der Waals surface area contributed by atoms with Crippen LogP contribution in [0.4, 0.5) is 0 Å². The Hall–Kier alpha value is -2.02. The molecule has 0 aromatic carbocycles. The quantitative estimate of drug-likeness (QED) is 0.821. The minimum atomic E-state index is -0.0321. The number of ether oxygens (including phenoxy) is 1. The van der Waals surface area contributed by atoms with Crippen molar-refractivity contribution in [3.8, 4) is 0 Å². The molecule has 7 nitrogen and oxygen atoms in total. The van der Waals surface area contributed by atoms with Crippen molar-refractivity contribution in [2.45, 2.75) is 25.7 Å². The molecule has 2 saturated heterocycles. The first-order chi connectivity index (χ1) is 11.6. The van der Waals surface area contributed by atoms with Crippen LogP contribution in [-0.4, -0.2) is 71.5 Å². The molecular weight excluding hydrogens is 308 g/mol. The Bertz CT molecular complexity index is 585. The summed E-state index contributed by atoms with van der Waals surface area (Å²) in [5.74, 6) is 0.188. The number of hydrogen-bond donors (Lipinski definition) is 0. The smallest absolute Gasteiger partial charge is 0.272 e. The molecule has 0 saturated carbocycles. The molecule has 2 aliphatic rings. The number of amides is 2. The maximum Gasteiger partial charge on any atom is 0.272 e. The van der Waals surface area contributed by atoms with Crippen LogP contribution in [0.15, 0.2) is 18.6 Å². The van der Waals surface area contributed by atoms with Crippen LogP contribution in [0.3, 0.4) is 0 Å². The highest BCUT2D eigenvalue weighted by molar-refractivity contribution is 5.92. The first kappa shape index (κ1) is 16.8. The van der Waals surface area contributed by atoms with Gasteiger partial charge in [0.15, 0.2) is 0 Å². The fourth-order valence-electron chi connectivity index (χ4n) is 3.68. The topological polar surface area (TPSA) is 75.6 Å². The lowest BCUT2D eigenvalue weighted by atomic mass is 9.72. The Morgan fingerprint density at radius 1 is 1.33 bits per heavy atom. The SMILES string of the molecule is COCCN1CC2(CCC1=O)CCN(C(=O)c1ccncn1)CC2. The molecule has 3 rings (SSSR count). The first-order valence-corrected chi connectivity index (χ1v) is 8.46. The Labute approximate surface area is 142 Å². The second-order valence-corrected chi connectivity index (χ2v) is 6.69. The Morgan fingerprint density at radius 3 is 2.79 bits per heavy atom. The van der Waals surface area contributed by atoms with Crippen LogP contribution >= 0.6 is 0 Å².